The highest BCUT2D eigenvalue weighted by Crippen LogP contribution is 2.29. The van der Waals surface area contributed by atoms with Crippen molar-refractivity contribution in [2.24, 2.45) is 0 Å². The Bertz CT molecular complexity index is 880. The van der Waals surface area contributed by atoms with Crippen LogP contribution in [0.1, 0.15) is 17.3 Å². The molecule has 0 radical (unpaired) electrons. The molecule has 0 fully saturated rings. The predicted octanol–water partition coefficient (Wildman–Crippen LogP) is 4.76. The highest BCUT2D eigenvalue weighted by molar-refractivity contribution is 8.00. The summed E-state index contributed by atoms with van der Waals surface area (Å²) in [5.74, 6) is 1.06. The Hall–Kier alpha value is -2.31. The van der Waals surface area contributed by atoms with E-state index in [0.717, 1.165) is 5.56 Å². The number of thioether (sulfide) groups is 1. The molecule has 128 valence electrons. The number of aromatic nitrogens is 2. The number of Topliss-reactive ketones (excluding diaryl/α,β-unsaturated/α-hetero) is 1. The standard InChI is InChI=1S/C18H15ClN2O3S/c1-11(16(22)12-6-8-15(23-2)9-7-12)25-18-21-20-17(24-18)13-4-3-5-14(19)10-13/h3-11H,1-2H3. The minimum absolute atomic E-state index is 0.0184. The number of ether oxygens (including phenoxy) is 1. The predicted molar refractivity (Wildman–Crippen MR) is 97.4 cm³/mol. The number of hydrogen-bond donors (Lipinski definition) is 0. The number of carbonyl (C=O) groups excluding carboxylic acids is 1. The lowest BCUT2D eigenvalue weighted by Crippen LogP contribution is -2.13. The number of rotatable bonds is 6. The van der Waals surface area contributed by atoms with E-state index in [-0.39, 0.29) is 11.0 Å². The minimum atomic E-state index is -0.360. The third-order valence-electron chi connectivity index (χ3n) is 3.50. The Balaban J connectivity index is 1.70. The summed E-state index contributed by atoms with van der Waals surface area (Å²) < 4.78 is 10.7. The Labute approximate surface area is 154 Å². The number of halogens is 1. The molecule has 5 nitrogen and oxygen atoms in total. The average Bonchev–Trinajstić information content (AvgIpc) is 3.09. The van der Waals surface area contributed by atoms with Crippen molar-refractivity contribution in [3.63, 3.8) is 0 Å². The lowest BCUT2D eigenvalue weighted by molar-refractivity contribution is 0.0993. The van der Waals surface area contributed by atoms with Crippen molar-refractivity contribution in [1.29, 1.82) is 0 Å². The van der Waals surface area contributed by atoms with Crippen molar-refractivity contribution >= 4 is 29.1 Å². The summed E-state index contributed by atoms with van der Waals surface area (Å²) in [6.45, 7) is 1.81. The number of methoxy groups -OCH3 is 1. The third kappa shape index (κ3) is 4.21. The molecule has 1 unspecified atom stereocenters. The number of ketones is 1. The zero-order chi connectivity index (χ0) is 17.8. The van der Waals surface area contributed by atoms with Gasteiger partial charge >= 0.3 is 0 Å². The third-order valence-corrected chi connectivity index (χ3v) is 4.67. The molecule has 7 heteroatoms. The molecular weight excluding hydrogens is 360 g/mol. The van der Waals surface area contributed by atoms with Gasteiger partial charge in [-0.2, -0.15) is 0 Å². The maximum Gasteiger partial charge on any atom is 0.277 e. The molecule has 3 rings (SSSR count). The summed E-state index contributed by atoms with van der Waals surface area (Å²) in [5.41, 5.74) is 1.34. The van der Waals surface area contributed by atoms with Crippen LogP contribution in [0.4, 0.5) is 0 Å². The van der Waals surface area contributed by atoms with E-state index in [1.807, 2.05) is 12.1 Å². The van der Waals surface area contributed by atoms with E-state index in [9.17, 15) is 4.79 Å². The number of nitrogens with zero attached hydrogens (tertiary/aromatic N) is 2. The zero-order valence-corrected chi connectivity index (χ0v) is 15.2. The molecule has 0 bridgehead atoms. The van der Waals surface area contributed by atoms with Crippen LogP contribution in [-0.4, -0.2) is 28.3 Å². The Morgan fingerprint density at radius 3 is 2.64 bits per heavy atom. The van der Waals surface area contributed by atoms with E-state index in [1.165, 1.54) is 11.8 Å². The number of carbonyl (C=O) groups is 1. The Morgan fingerprint density at radius 2 is 1.96 bits per heavy atom. The van der Waals surface area contributed by atoms with E-state index >= 15 is 0 Å². The van der Waals surface area contributed by atoms with Gasteiger partial charge in [0, 0.05) is 16.1 Å². The molecule has 0 saturated heterocycles. The van der Waals surface area contributed by atoms with E-state index in [1.54, 1.807) is 50.4 Å². The second-order valence-electron chi connectivity index (χ2n) is 5.24. The van der Waals surface area contributed by atoms with Gasteiger partial charge in [-0.3, -0.25) is 4.79 Å². The maximum atomic E-state index is 12.5. The Kier molecular flexibility index (Phi) is 5.40. The molecule has 1 aromatic heterocycles. The molecule has 2 aromatic carbocycles. The summed E-state index contributed by atoms with van der Waals surface area (Å²) in [6, 6.07) is 14.2. The molecule has 25 heavy (non-hydrogen) atoms. The molecule has 0 aliphatic heterocycles. The second kappa shape index (κ2) is 7.72. The first kappa shape index (κ1) is 17.5. The van der Waals surface area contributed by atoms with Crippen LogP contribution in [-0.2, 0) is 0 Å². The van der Waals surface area contributed by atoms with Crippen molar-refractivity contribution in [3.05, 3.63) is 59.1 Å². The van der Waals surface area contributed by atoms with Gasteiger partial charge in [0.1, 0.15) is 5.75 Å². The lowest BCUT2D eigenvalue weighted by Gasteiger charge is -2.08. The molecule has 0 aliphatic carbocycles. The summed E-state index contributed by atoms with van der Waals surface area (Å²) in [4.78, 5) is 12.5. The summed E-state index contributed by atoms with van der Waals surface area (Å²) in [7, 11) is 1.59. The van der Waals surface area contributed by atoms with E-state index < -0.39 is 0 Å². The maximum absolute atomic E-state index is 12.5. The van der Waals surface area contributed by atoms with Crippen LogP contribution < -0.4 is 4.74 Å². The van der Waals surface area contributed by atoms with Gasteiger partial charge in [-0.15, -0.1) is 10.2 Å². The van der Waals surface area contributed by atoms with Crippen molar-refractivity contribution in [3.8, 4) is 17.2 Å². The highest BCUT2D eigenvalue weighted by Gasteiger charge is 2.20. The van der Waals surface area contributed by atoms with Gasteiger partial charge in [-0.1, -0.05) is 29.4 Å². The fraction of sp³-hybridized carbons (Fsp3) is 0.167. The van der Waals surface area contributed by atoms with Gasteiger partial charge in [-0.25, -0.2) is 0 Å². The van der Waals surface area contributed by atoms with Crippen LogP contribution in [0.3, 0.4) is 0 Å². The zero-order valence-electron chi connectivity index (χ0n) is 13.6. The van der Waals surface area contributed by atoms with Crippen LogP contribution in [0, 0.1) is 0 Å². The van der Waals surface area contributed by atoms with Crippen molar-refractivity contribution < 1.29 is 13.9 Å². The van der Waals surface area contributed by atoms with Gasteiger partial charge in [0.2, 0.25) is 5.89 Å². The normalized spacial score (nSPS) is 12.0. The smallest absolute Gasteiger partial charge is 0.277 e. The molecule has 0 N–H and O–H groups in total. The first-order valence-electron chi connectivity index (χ1n) is 7.51. The van der Waals surface area contributed by atoms with Crippen molar-refractivity contribution in [1.82, 2.24) is 10.2 Å². The summed E-state index contributed by atoms with van der Waals surface area (Å²) >= 11 is 7.19. The first-order valence-corrected chi connectivity index (χ1v) is 8.77. The molecule has 3 aromatic rings. The summed E-state index contributed by atoms with van der Waals surface area (Å²) in [5, 5.41) is 8.58. The molecule has 0 amide bonds. The molecule has 0 spiro atoms. The monoisotopic (exact) mass is 374 g/mol. The van der Waals surface area contributed by atoms with Gasteiger partial charge in [0.25, 0.3) is 5.22 Å². The SMILES string of the molecule is COc1ccc(C(=O)C(C)Sc2nnc(-c3cccc(Cl)c3)o2)cc1. The van der Waals surface area contributed by atoms with Crippen LogP contribution in [0.25, 0.3) is 11.5 Å². The van der Waals surface area contributed by atoms with Gasteiger partial charge < -0.3 is 9.15 Å². The second-order valence-corrected chi connectivity index (χ2v) is 6.96. The van der Waals surface area contributed by atoms with Crippen molar-refractivity contribution in [2.45, 2.75) is 17.4 Å². The lowest BCUT2D eigenvalue weighted by atomic mass is 10.1. The fourth-order valence-corrected chi connectivity index (χ4v) is 3.14. The highest BCUT2D eigenvalue weighted by atomic mass is 35.5. The number of hydrogen-bond acceptors (Lipinski definition) is 6. The number of benzene rings is 2. The van der Waals surface area contributed by atoms with Crippen LogP contribution in [0.15, 0.2) is 58.2 Å². The van der Waals surface area contributed by atoms with Crippen molar-refractivity contribution in [2.75, 3.05) is 7.11 Å². The minimum Gasteiger partial charge on any atom is -0.497 e. The van der Waals surface area contributed by atoms with E-state index in [0.29, 0.717) is 27.4 Å². The molecular formula is C18H15ClN2O3S. The average molecular weight is 375 g/mol. The van der Waals surface area contributed by atoms with Crippen LogP contribution >= 0.6 is 23.4 Å². The largest absolute Gasteiger partial charge is 0.497 e. The van der Waals surface area contributed by atoms with Gasteiger partial charge in [-0.05, 0) is 49.4 Å². The molecule has 0 aliphatic rings. The quantitative estimate of drug-likeness (QED) is 0.457. The Morgan fingerprint density at radius 1 is 1.20 bits per heavy atom. The first-order chi connectivity index (χ1) is 12.1. The van der Waals surface area contributed by atoms with Crippen LogP contribution in [0.5, 0.6) is 5.75 Å². The van der Waals surface area contributed by atoms with E-state index in [2.05, 4.69) is 10.2 Å². The molecule has 1 heterocycles. The van der Waals surface area contributed by atoms with E-state index in [4.69, 9.17) is 20.8 Å². The van der Waals surface area contributed by atoms with Gasteiger partial charge in [0.15, 0.2) is 5.78 Å². The fourth-order valence-electron chi connectivity index (χ4n) is 2.19. The van der Waals surface area contributed by atoms with Gasteiger partial charge in [0.05, 0.1) is 12.4 Å². The molecule has 1 atom stereocenters. The van der Waals surface area contributed by atoms with Crippen LogP contribution in [0.2, 0.25) is 5.02 Å². The topological polar surface area (TPSA) is 65.2 Å². The molecule has 0 saturated carbocycles. The summed E-state index contributed by atoms with van der Waals surface area (Å²) in [6.07, 6.45) is 0.